The summed E-state index contributed by atoms with van der Waals surface area (Å²) < 4.78 is 16.3. The average Bonchev–Trinajstić information content (AvgIpc) is 3.08. The smallest absolute Gasteiger partial charge is 0.277 e. The van der Waals surface area contributed by atoms with Gasteiger partial charge in [-0.25, -0.2) is 0 Å². The van der Waals surface area contributed by atoms with Gasteiger partial charge in [0, 0.05) is 10.8 Å². The Labute approximate surface area is 148 Å². The zero-order chi connectivity index (χ0) is 16.8. The lowest BCUT2D eigenvalue weighted by Crippen LogP contribution is -1.95. The van der Waals surface area contributed by atoms with Crippen LogP contribution >= 0.6 is 23.4 Å². The van der Waals surface area contributed by atoms with Gasteiger partial charge in [-0.2, -0.15) is 0 Å². The van der Waals surface area contributed by atoms with Crippen molar-refractivity contribution in [2.45, 2.75) is 17.6 Å². The zero-order valence-corrected chi connectivity index (χ0v) is 14.5. The highest BCUT2D eigenvalue weighted by molar-refractivity contribution is 7.98. The zero-order valence-electron chi connectivity index (χ0n) is 12.9. The topological polar surface area (TPSA) is 57.4 Å². The molecule has 0 aliphatic carbocycles. The molecule has 0 radical (unpaired) electrons. The first-order valence-electron chi connectivity index (χ1n) is 7.19. The van der Waals surface area contributed by atoms with Crippen molar-refractivity contribution < 1.29 is 13.9 Å². The van der Waals surface area contributed by atoms with Gasteiger partial charge >= 0.3 is 0 Å². The molecule has 0 spiro atoms. The molecular formula is C17H15ClN2O3S. The molecule has 0 fully saturated rings. The first kappa shape index (κ1) is 16.7. The van der Waals surface area contributed by atoms with E-state index < -0.39 is 0 Å². The van der Waals surface area contributed by atoms with Crippen molar-refractivity contribution in [1.29, 1.82) is 0 Å². The summed E-state index contributed by atoms with van der Waals surface area (Å²) in [4.78, 5) is 0. The summed E-state index contributed by atoms with van der Waals surface area (Å²) in [5.74, 6) is 2.66. The maximum Gasteiger partial charge on any atom is 0.277 e. The van der Waals surface area contributed by atoms with Crippen LogP contribution in [0, 0.1) is 0 Å². The third kappa shape index (κ3) is 4.66. The third-order valence-corrected chi connectivity index (χ3v) is 4.29. The van der Waals surface area contributed by atoms with Gasteiger partial charge in [-0.05, 0) is 42.0 Å². The quantitative estimate of drug-likeness (QED) is 0.572. The second kappa shape index (κ2) is 8.08. The van der Waals surface area contributed by atoms with Crippen LogP contribution in [0.3, 0.4) is 0 Å². The van der Waals surface area contributed by atoms with Crippen molar-refractivity contribution in [1.82, 2.24) is 10.2 Å². The summed E-state index contributed by atoms with van der Waals surface area (Å²) in [5, 5.41) is 9.23. The van der Waals surface area contributed by atoms with Crippen LogP contribution in [-0.2, 0) is 12.4 Å². The van der Waals surface area contributed by atoms with E-state index in [1.165, 1.54) is 11.8 Å². The second-order valence-electron chi connectivity index (χ2n) is 4.84. The number of halogens is 1. The number of hydrogen-bond acceptors (Lipinski definition) is 6. The number of hydrogen-bond donors (Lipinski definition) is 0. The van der Waals surface area contributed by atoms with E-state index in [0.717, 1.165) is 22.1 Å². The lowest BCUT2D eigenvalue weighted by Gasteiger charge is -2.04. The van der Waals surface area contributed by atoms with E-state index in [9.17, 15) is 0 Å². The first-order chi connectivity index (χ1) is 11.7. The normalized spacial score (nSPS) is 10.6. The minimum Gasteiger partial charge on any atom is -0.497 e. The number of thioether (sulfide) groups is 1. The molecule has 0 bridgehead atoms. The Morgan fingerprint density at radius 3 is 2.42 bits per heavy atom. The Kier molecular flexibility index (Phi) is 5.61. The lowest BCUT2D eigenvalue weighted by molar-refractivity contribution is 0.252. The molecule has 0 unspecified atom stereocenters. The molecule has 0 aliphatic heterocycles. The van der Waals surface area contributed by atoms with Gasteiger partial charge in [0.05, 0.1) is 7.11 Å². The first-order valence-corrected chi connectivity index (χ1v) is 8.56. The van der Waals surface area contributed by atoms with Gasteiger partial charge in [0.25, 0.3) is 11.1 Å². The van der Waals surface area contributed by atoms with E-state index in [1.807, 2.05) is 48.5 Å². The minimum absolute atomic E-state index is 0.223. The molecule has 1 heterocycles. The van der Waals surface area contributed by atoms with E-state index in [-0.39, 0.29) is 6.61 Å². The van der Waals surface area contributed by atoms with Crippen LogP contribution in [0.2, 0.25) is 5.02 Å². The number of aromatic nitrogens is 2. The molecule has 2 aromatic carbocycles. The van der Waals surface area contributed by atoms with E-state index >= 15 is 0 Å². The van der Waals surface area contributed by atoms with Crippen molar-refractivity contribution in [3.63, 3.8) is 0 Å². The fraction of sp³-hybridized carbons (Fsp3) is 0.176. The number of benzene rings is 2. The van der Waals surface area contributed by atoms with E-state index in [0.29, 0.717) is 16.9 Å². The third-order valence-electron chi connectivity index (χ3n) is 3.15. The SMILES string of the molecule is COc1ccc(OCc2nnc(SCc3ccc(Cl)cc3)o2)cc1. The predicted octanol–water partition coefficient (Wildman–Crippen LogP) is 4.60. The van der Waals surface area contributed by atoms with Crippen molar-refractivity contribution in [2.24, 2.45) is 0 Å². The number of ether oxygens (including phenoxy) is 2. The van der Waals surface area contributed by atoms with E-state index in [4.69, 9.17) is 25.5 Å². The molecule has 7 heteroatoms. The Hall–Kier alpha value is -2.18. The van der Waals surface area contributed by atoms with Crippen LogP contribution in [0.15, 0.2) is 58.2 Å². The second-order valence-corrected chi connectivity index (χ2v) is 6.20. The standard InChI is InChI=1S/C17H15ClN2O3S/c1-21-14-6-8-15(9-7-14)22-10-16-19-20-17(23-16)24-11-12-2-4-13(18)5-3-12/h2-9H,10-11H2,1H3. The van der Waals surface area contributed by atoms with Crippen molar-refractivity contribution in [3.8, 4) is 11.5 Å². The van der Waals surface area contributed by atoms with Crippen LogP contribution in [0.1, 0.15) is 11.5 Å². The molecule has 0 saturated heterocycles. The Morgan fingerprint density at radius 1 is 1.00 bits per heavy atom. The summed E-state index contributed by atoms with van der Waals surface area (Å²) in [6.07, 6.45) is 0. The predicted molar refractivity (Wildman–Crippen MR) is 92.6 cm³/mol. The van der Waals surface area contributed by atoms with Gasteiger partial charge in [0.2, 0.25) is 0 Å². The molecule has 0 amide bonds. The van der Waals surface area contributed by atoms with Gasteiger partial charge in [0.15, 0.2) is 6.61 Å². The molecule has 5 nitrogen and oxygen atoms in total. The van der Waals surface area contributed by atoms with Gasteiger partial charge in [-0.15, -0.1) is 10.2 Å². The van der Waals surface area contributed by atoms with Gasteiger partial charge in [-0.1, -0.05) is 35.5 Å². The lowest BCUT2D eigenvalue weighted by atomic mass is 10.2. The highest BCUT2D eigenvalue weighted by atomic mass is 35.5. The van der Waals surface area contributed by atoms with Crippen LogP contribution in [0.25, 0.3) is 0 Å². The van der Waals surface area contributed by atoms with Crippen LogP contribution in [0.4, 0.5) is 0 Å². The van der Waals surface area contributed by atoms with Gasteiger partial charge in [-0.3, -0.25) is 0 Å². The molecule has 0 aliphatic rings. The average molecular weight is 363 g/mol. The maximum absolute atomic E-state index is 5.87. The fourth-order valence-corrected chi connectivity index (χ4v) is 2.76. The highest BCUT2D eigenvalue weighted by Gasteiger charge is 2.08. The van der Waals surface area contributed by atoms with Gasteiger partial charge < -0.3 is 13.9 Å². The Bertz CT molecular complexity index is 775. The molecule has 0 atom stereocenters. The summed E-state index contributed by atoms with van der Waals surface area (Å²) in [5.41, 5.74) is 1.14. The molecule has 24 heavy (non-hydrogen) atoms. The molecule has 124 valence electrons. The minimum atomic E-state index is 0.223. The summed E-state index contributed by atoms with van der Waals surface area (Å²) >= 11 is 7.34. The number of nitrogens with zero attached hydrogens (tertiary/aromatic N) is 2. The van der Waals surface area contributed by atoms with Crippen molar-refractivity contribution >= 4 is 23.4 Å². The number of methoxy groups -OCH3 is 1. The molecule has 3 aromatic rings. The van der Waals surface area contributed by atoms with Crippen LogP contribution in [0.5, 0.6) is 11.5 Å². The summed E-state index contributed by atoms with van der Waals surface area (Å²) in [6, 6.07) is 15.0. The Balaban J connectivity index is 1.50. The summed E-state index contributed by atoms with van der Waals surface area (Å²) in [7, 11) is 1.62. The van der Waals surface area contributed by atoms with Crippen LogP contribution < -0.4 is 9.47 Å². The van der Waals surface area contributed by atoms with Crippen molar-refractivity contribution in [3.05, 3.63) is 65.0 Å². The molecular weight excluding hydrogens is 348 g/mol. The fourth-order valence-electron chi connectivity index (χ4n) is 1.90. The maximum atomic E-state index is 5.87. The van der Waals surface area contributed by atoms with E-state index in [1.54, 1.807) is 7.11 Å². The Morgan fingerprint density at radius 2 is 1.71 bits per heavy atom. The van der Waals surface area contributed by atoms with Gasteiger partial charge in [0.1, 0.15) is 11.5 Å². The highest BCUT2D eigenvalue weighted by Crippen LogP contribution is 2.23. The molecule has 3 rings (SSSR count). The largest absolute Gasteiger partial charge is 0.497 e. The van der Waals surface area contributed by atoms with E-state index in [2.05, 4.69) is 10.2 Å². The number of rotatable bonds is 7. The monoisotopic (exact) mass is 362 g/mol. The van der Waals surface area contributed by atoms with Crippen molar-refractivity contribution in [2.75, 3.05) is 7.11 Å². The summed E-state index contributed by atoms with van der Waals surface area (Å²) in [6.45, 7) is 0.223. The van der Waals surface area contributed by atoms with Crippen LogP contribution in [-0.4, -0.2) is 17.3 Å². The molecule has 0 N–H and O–H groups in total. The molecule has 0 saturated carbocycles. The molecule has 1 aromatic heterocycles.